The number of benzene rings is 1. The number of likely N-dealkylation sites (tertiary alicyclic amines) is 1. The van der Waals surface area contributed by atoms with Gasteiger partial charge in [0.2, 0.25) is 0 Å². The van der Waals surface area contributed by atoms with Gasteiger partial charge in [0.15, 0.2) is 0 Å². The van der Waals surface area contributed by atoms with Gasteiger partial charge in [0.25, 0.3) is 5.69 Å². The largest absolute Gasteiger partial charge is 0.481 e. The number of aliphatic carboxylic acids is 1. The van der Waals surface area contributed by atoms with Crippen LogP contribution < -0.4 is 0 Å². The van der Waals surface area contributed by atoms with Crippen LogP contribution in [0.1, 0.15) is 19.1 Å². The van der Waals surface area contributed by atoms with E-state index >= 15 is 0 Å². The van der Waals surface area contributed by atoms with Gasteiger partial charge in [-0.05, 0) is 44.2 Å². The number of hydrogen-bond donors (Lipinski definition) is 1. The van der Waals surface area contributed by atoms with Gasteiger partial charge in [-0.25, -0.2) is 0 Å². The highest BCUT2D eigenvalue weighted by Gasteiger charge is 2.40. The molecule has 0 amide bonds. The van der Waals surface area contributed by atoms with Crippen molar-refractivity contribution in [2.75, 3.05) is 13.1 Å². The lowest BCUT2D eigenvalue weighted by Crippen LogP contribution is -2.31. The molecule has 1 atom stereocenters. The summed E-state index contributed by atoms with van der Waals surface area (Å²) in [5.74, 6) is 0.620. The molecule has 1 saturated heterocycles. The Morgan fingerprint density at radius 2 is 2.04 bits per heavy atom. The Bertz CT molecular complexity index is 768. The molecule has 0 aliphatic carbocycles. The Kier molecular flexibility index (Phi) is 4.11. The lowest BCUT2D eigenvalue weighted by atomic mass is 9.90. The number of nitro benzene ring substituents is 1. The summed E-state index contributed by atoms with van der Waals surface area (Å²) in [4.78, 5) is 23.6. The highest BCUT2D eigenvalue weighted by atomic mass is 16.6. The molecule has 7 heteroatoms. The molecule has 1 N–H and O–H groups in total. The SMILES string of the molecule is CC1(C(=O)O)CCN(Cc2ccc(-c3ccc([N+](=O)[O-])cc3)o2)C1. The summed E-state index contributed by atoms with van der Waals surface area (Å²) in [6.45, 7) is 3.53. The molecule has 1 aliphatic rings. The van der Waals surface area contributed by atoms with Gasteiger partial charge < -0.3 is 9.52 Å². The standard InChI is InChI=1S/C17H18N2O5/c1-17(16(20)21)8-9-18(11-17)10-14-6-7-15(24-14)12-2-4-13(5-3-12)19(22)23/h2-7H,8-11H2,1H3,(H,20,21). The van der Waals surface area contributed by atoms with Crippen LogP contribution in [-0.4, -0.2) is 34.0 Å². The minimum atomic E-state index is -0.768. The van der Waals surface area contributed by atoms with Crippen molar-refractivity contribution < 1.29 is 19.2 Å². The maximum absolute atomic E-state index is 11.3. The van der Waals surface area contributed by atoms with Gasteiger partial charge >= 0.3 is 5.97 Å². The van der Waals surface area contributed by atoms with E-state index in [0.717, 1.165) is 17.9 Å². The molecule has 7 nitrogen and oxygen atoms in total. The summed E-state index contributed by atoms with van der Waals surface area (Å²) < 4.78 is 5.80. The molecule has 1 fully saturated rings. The van der Waals surface area contributed by atoms with E-state index in [9.17, 15) is 20.0 Å². The third-order valence-electron chi connectivity index (χ3n) is 4.47. The molecule has 1 aliphatic heterocycles. The van der Waals surface area contributed by atoms with E-state index in [1.807, 2.05) is 12.1 Å². The predicted molar refractivity (Wildman–Crippen MR) is 86.4 cm³/mol. The van der Waals surface area contributed by atoms with Crippen molar-refractivity contribution >= 4 is 11.7 Å². The van der Waals surface area contributed by atoms with Crippen LogP contribution in [0.4, 0.5) is 5.69 Å². The fourth-order valence-corrected chi connectivity index (χ4v) is 2.95. The second-order valence-electron chi connectivity index (χ2n) is 6.40. The van der Waals surface area contributed by atoms with Crippen LogP contribution in [0.2, 0.25) is 0 Å². The van der Waals surface area contributed by atoms with Gasteiger partial charge in [-0.15, -0.1) is 0 Å². The second-order valence-corrected chi connectivity index (χ2v) is 6.40. The Morgan fingerprint density at radius 3 is 2.62 bits per heavy atom. The van der Waals surface area contributed by atoms with Crippen molar-refractivity contribution in [1.82, 2.24) is 4.90 Å². The van der Waals surface area contributed by atoms with Gasteiger partial charge in [-0.3, -0.25) is 19.8 Å². The monoisotopic (exact) mass is 330 g/mol. The number of nitrogens with zero attached hydrogens (tertiary/aromatic N) is 2. The average Bonchev–Trinajstić information content (AvgIpc) is 3.16. The number of hydrogen-bond acceptors (Lipinski definition) is 5. The van der Waals surface area contributed by atoms with Gasteiger partial charge in [0.05, 0.1) is 16.9 Å². The first-order valence-electron chi connectivity index (χ1n) is 7.67. The molecule has 1 aromatic carbocycles. The summed E-state index contributed by atoms with van der Waals surface area (Å²) in [5.41, 5.74) is 0.104. The van der Waals surface area contributed by atoms with Crippen molar-refractivity contribution in [2.45, 2.75) is 19.9 Å². The molecule has 2 aromatic rings. The van der Waals surface area contributed by atoms with Crippen LogP contribution in [0.15, 0.2) is 40.8 Å². The zero-order chi connectivity index (χ0) is 17.3. The summed E-state index contributed by atoms with van der Waals surface area (Å²) in [6.07, 6.45) is 0.623. The van der Waals surface area contributed by atoms with E-state index in [1.165, 1.54) is 12.1 Å². The van der Waals surface area contributed by atoms with Crippen molar-refractivity contribution in [3.05, 3.63) is 52.3 Å². The highest BCUT2D eigenvalue weighted by molar-refractivity contribution is 5.74. The fourth-order valence-electron chi connectivity index (χ4n) is 2.95. The molecule has 0 bridgehead atoms. The van der Waals surface area contributed by atoms with Crippen molar-refractivity contribution in [2.24, 2.45) is 5.41 Å². The molecule has 0 spiro atoms. The first-order valence-corrected chi connectivity index (χ1v) is 7.67. The van der Waals surface area contributed by atoms with Gasteiger partial charge in [0, 0.05) is 24.2 Å². The average molecular weight is 330 g/mol. The maximum atomic E-state index is 11.3. The first-order chi connectivity index (χ1) is 11.4. The van der Waals surface area contributed by atoms with Crippen LogP contribution in [-0.2, 0) is 11.3 Å². The van der Waals surface area contributed by atoms with Gasteiger partial charge in [-0.2, -0.15) is 0 Å². The Balaban J connectivity index is 1.68. The second kappa shape index (κ2) is 6.09. The van der Waals surface area contributed by atoms with E-state index in [1.54, 1.807) is 19.1 Å². The van der Waals surface area contributed by atoms with Gasteiger partial charge in [-0.1, -0.05) is 0 Å². The molecule has 1 aromatic heterocycles. The Labute approximate surface area is 138 Å². The van der Waals surface area contributed by atoms with Crippen molar-refractivity contribution in [3.8, 4) is 11.3 Å². The quantitative estimate of drug-likeness (QED) is 0.668. The van der Waals surface area contributed by atoms with Crippen LogP contribution in [0.25, 0.3) is 11.3 Å². The number of nitro groups is 1. The van der Waals surface area contributed by atoms with Crippen molar-refractivity contribution in [1.29, 1.82) is 0 Å². The maximum Gasteiger partial charge on any atom is 0.310 e. The number of non-ortho nitro benzene ring substituents is 1. The molecule has 2 heterocycles. The van der Waals surface area contributed by atoms with E-state index in [0.29, 0.717) is 25.3 Å². The molecule has 24 heavy (non-hydrogen) atoms. The molecule has 1 unspecified atom stereocenters. The Hall–Kier alpha value is -2.67. The lowest BCUT2D eigenvalue weighted by molar-refractivity contribution is -0.384. The molecule has 0 radical (unpaired) electrons. The minimum Gasteiger partial charge on any atom is -0.481 e. The summed E-state index contributed by atoms with van der Waals surface area (Å²) >= 11 is 0. The molecular weight excluding hydrogens is 312 g/mol. The predicted octanol–water partition coefficient (Wildman–Crippen LogP) is 3.15. The highest BCUT2D eigenvalue weighted by Crippen LogP contribution is 2.32. The number of furan rings is 1. The summed E-state index contributed by atoms with van der Waals surface area (Å²) in [7, 11) is 0. The lowest BCUT2D eigenvalue weighted by Gasteiger charge is -2.19. The summed E-state index contributed by atoms with van der Waals surface area (Å²) in [6, 6.07) is 9.86. The van der Waals surface area contributed by atoms with Crippen LogP contribution in [0.5, 0.6) is 0 Å². The Morgan fingerprint density at radius 1 is 1.33 bits per heavy atom. The molecule has 126 valence electrons. The number of carboxylic acid groups (broad SMARTS) is 1. The van der Waals surface area contributed by atoms with Crippen molar-refractivity contribution in [3.63, 3.8) is 0 Å². The zero-order valence-corrected chi connectivity index (χ0v) is 13.3. The van der Waals surface area contributed by atoms with Crippen LogP contribution in [0.3, 0.4) is 0 Å². The normalized spacial score (nSPS) is 21.0. The van der Waals surface area contributed by atoms with E-state index in [2.05, 4.69) is 4.90 Å². The first kappa shape index (κ1) is 16.2. The smallest absolute Gasteiger partial charge is 0.310 e. The fraction of sp³-hybridized carbons (Fsp3) is 0.353. The number of carbonyl (C=O) groups is 1. The third kappa shape index (κ3) is 3.16. The minimum absolute atomic E-state index is 0.0375. The molecule has 0 saturated carbocycles. The molecular formula is C17H18N2O5. The van der Waals surface area contributed by atoms with E-state index in [4.69, 9.17) is 4.42 Å². The van der Waals surface area contributed by atoms with Crippen LogP contribution >= 0.6 is 0 Å². The van der Waals surface area contributed by atoms with Crippen LogP contribution in [0, 0.1) is 15.5 Å². The number of rotatable bonds is 5. The van der Waals surface area contributed by atoms with E-state index < -0.39 is 16.3 Å². The third-order valence-corrected chi connectivity index (χ3v) is 4.47. The summed E-state index contributed by atoms with van der Waals surface area (Å²) in [5, 5.41) is 20.0. The number of carboxylic acids is 1. The van der Waals surface area contributed by atoms with Gasteiger partial charge in [0.1, 0.15) is 11.5 Å². The topological polar surface area (TPSA) is 96.8 Å². The van der Waals surface area contributed by atoms with E-state index in [-0.39, 0.29) is 5.69 Å². The zero-order valence-electron chi connectivity index (χ0n) is 13.3. The molecule has 3 rings (SSSR count).